The lowest BCUT2D eigenvalue weighted by Crippen LogP contribution is -2.29. The van der Waals surface area contributed by atoms with Crippen molar-refractivity contribution >= 4 is 15.7 Å². The van der Waals surface area contributed by atoms with Crippen LogP contribution in [0.5, 0.6) is 5.75 Å². The number of methoxy groups -OCH3 is 1. The second-order valence-electron chi connectivity index (χ2n) is 5.10. The molecule has 0 radical (unpaired) electrons. The molecule has 0 heterocycles. The molecule has 112 valence electrons. The van der Waals surface area contributed by atoms with E-state index in [2.05, 4.69) is 4.72 Å². The van der Waals surface area contributed by atoms with Crippen LogP contribution in [0.1, 0.15) is 19.3 Å². The molecule has 1 aromatic rings. The standard InChI is InChI=1S/C13H20N2O4S/c1-19-12-5-3-10(14)7-13(12)20(17,18)15-8-9-2-4-11(16)6-9/h3,5,7,9,11,15-16H,2,4,6,8,14H2,1H3. The van der Waals surface area contributed by atoms with Gasteiger partial charge >= 0.3 is 0 Å². The third-order valence-electron chi connectivity index (χ3n) is 3.55. The second kappa shape index (κ2) is 5.99. The van der Waals surface area contributed by atoms with E-state index in [1.165, 1.54) is 19.2 Å². The first-order valence-corrected chi connectivity index (χ1v) is 8.02. The molecule has 2 rings (SSSR count). The van der Waals surface area contributed by atoms with Gasteiger partial charge in [0, 0.05) is 12.2 Å². The second-order valence-corrected chi connectivity index (χ2v) is 6.83. The zero-order valence-electron chi connectivity index (χ0n) is 11.4. The van der Waals surface area contributed by atoms with Gasteiger partial charge in [0.1, 0.15) is 10.6 Å². The summed E-state index contributed by atoms with van der Waals surface area (Å²) in [6, 6.07) is 4.50. The summed E-state index contributed by atoms with van der Waals surface area (Å²) in [6.07, 6.45) is 1.88. The number of nitrogen functional groups attached to an aromatic ring is 1. The highest BCUT2D eigenvalue weighted by atomic mass is 32.2. The first kappa shape index (κ1) is 15.1. The smallest absolute Gasteiger partial charge is 0.244 e. The zero-order valence-corrected chi connectivity index (χ0v) is 12.2. The molecule has 1 fully saturated rings. The number of benzene rings is 1. The number of ether oxygens (including phenoxy) is 1. The van der Waals surface area contributed by atoms with Gasteiger partial charge in [-0.05, 0) is 43.4 Å². The normalized spacial score (nSPS) is 22.9. The third kappa shape index (κ3) is 3.41. The van der Waals surface area contributed by atoms with Crippen LogP contribution in [-0.4, -0.2) is 33.3 Å². The molecule has 1 saturated carbocycles. The summed E-state index contributed by atoms with van der Waals surface area (Å²) in [4.78, 5) is 0.0403. The maximum Gasteiger partial charge on any atom is 0.244 e. The van der Waals surface area contributed by atoms with Crippen molar-refractivity contribution in [3.05, 3.63) is 18.2 Å². The Bertz CT molecular complexity index is 574. The number of aliphatic hydroxyl groups is 1. The van der Waals surface area contributed by atoms with E-state index in [0.717, 1.165) is 12.8 Å². The molecule has 6 nitrogen and oxygen atoms in total. The molecule has 0 amide bonds. The minimum absolute atomic E-state index is 0.0403. The van der Waals surface area contributed by atoms with Crippen LogP contribution in [0.15, 0.2) is 23.1 Å². The van der Waals surface area contributed by atoms with Gasteiger partial charge in [-0.2, -0.15) is 0 Å². The van der Waals surface area contributed by atoms with Crippen molar-refractivity contribution in [2.75, 3.05) is 19.4 Å². The summed E-state index contributed by atoms with van der Waals surface area (Å²) in [6.45, 7) is 0.317. The van der Waals surface area contributed by atoms with E-state index < -0.39 is 10.0 Å². The van der Waals surface area contributed by atoms with Crippen LogP contribution in [0.25, 0.3) is 0 Å². The van der Waals surface area contributed by atoms with Gasteiger partial charge in [0.25, 0.3) is 0 Å². The number of hydrogen-bond donors (Lipinski definition) is 3. The van der Waals surface area contributed by atoms with Crippen LogP contribution in [0, 0.1) is 5.92 Å². The van der Waals surface area contributed by atoms with Crippen molar-refractivity contribution in [3.63, 3.8) is 0 Å². The van der Waals surface area contributed by atoms with E-state index >= 15 is 0 Å². The molecule has 2 atom stereocenters. The summed E-state index contributed by atoms with van der Waals surface area (Å²) >= 11 is 0. The summed E-state index contributed by atoms with van der Waals surface area (Å²) in [5.74, 6) is 0.435. The molecule has 20 heavy (non-hydrogen) atoms. The minimum atomic E-state index is -3.67. The fourth-order valence-electron chi connectivity index (χ4n) is 2.44. The molecule has 4 N–H and O–H groups in total. The number of nitrogens with one attached hydrogen (secondary N) is 1. The third-order valence-corrected chi connectivity index (χ3v) is 5.00. The van der Waals surface area contributed by atoms with E-state index in [-0.39, 0.29) is 22.7 Å². The molecule has 1 aromatic carbocycles. The van der Waals surface area contributed by atoms with Crippen LogP contribution in [0.3, 0.4) is 0 Å². The highest BCUT2D eigenvalue weighted by Gasteiger charge is 2.26. The number of aliphatic hydroxyl groups excluding tert-OH is 1. The topological polar surface area (TPSA) is 102 Å². The molecule has 0 bridgehead atoms. The van der Waals surface area contributed by atoms with E-state index in [9.17, 15) is 13.5 Å². The Hall–Kier alpha value is -1.31. The van der Waals surface area contributed by atoms with Crippen LogP contribution in [0.2, 0.25) is 0 Å². The summed E-state index contributed by atoms with van der Waals surface area (Å²) in [5.41, 5.74) is 6.00. The highest BCUT2D eigenvalue weighted by molar-refractivity contribution is 7.89. The average Bonchev–Trinajstić information content (AvgIpc) is 2.82. The first-order chi connectivity index (χ1) is 9.42. The van der Waals surface area contributed by atoms with E-state index in [1.54, 1.807) is 6.07 Å². The van der Waals surface area contributed by atoms with Gasteiger partial charge in [-0.3, -0.25) is 0 Å². The largest absolute Gasteiger partial charge is 0.495 e. The Morgan fingerprint density at radius 1 is 1.45 bits per heavy atom. The van der Waals surface area contributed by atoms with Crippen molar-refractivity contribution in [2.45, 2.75) is 30.3 Å². The first-order valence-electron chi connectivity index (χ1n) is 6.53. The quantitative estimate of drug-likeness (QED) is 0.695. The van der Waals surface area contributed by atoms with Gasteiger partial charge in [0.15, 0.2) is 0 Å². The molecule has 0 saturated heterocycles. The van der Waals surface area contributed by atoms with Gasteiger partial charge in [-0.1, -0.05) is 0 Å². The van der Waals surface area contributed by atoms with Crippen LogP contribution in [-0.2, 0) is 10.0 Å². The Labute approximate surface area is 119 Å². The van der Waals surface area contributed by atoms with Crippen LogP contribution >= 0.6 is 0 Å². The van der Waals surface area contributed by atoms with Gasteiger partial charge in [0.2, 0.25) is 10.0 Å². The fraction of sp³-hybridized carbons (Fsp3) is 0.538. The molecule has 0 aliphatic heterocycles. The van der Waals surface area contributed by atoms with Gasteiger partial charge in [-0.15, -0.1) is 0 Å². The Kier molecular flexibility index (Phi) is 4.52. The zero-order chi connectivity index (χ0) is 14.8. The van der Waals surface area contributed by atoms with Gasteiger partial charge < -0.3 is 15.6 Å². The molecule has 0 spiro atoms. The maximum atomic E-state index is 12.3. The minimum Gasteiger partial charge on any atom is -0.495 e. The van der Waals surface area contributed by atoms with E-state index in [0.29, 0.717) is 18.7 Å². The molecule has 1 aliphatic rings. The number of nitrogens with two attached hydrogens (primary N) is 1. The maximum absolute atomic E-state index is 12.3. The molecular formula is C13H20N2O4S. The number of rotatable bonds is 5. The monoisotopic (exact) mass is 300 g/mol. The van der Waals surface area contributed by atoms with Crippen molar-refractivity contribution in [1.29, 1.82) is 0 Å². The fourth-order valence-corrected chi connectivity index (χ4v) is 3.76. The van der Waals surface area contributed by atoms with Crippen LogP contribution < -0.4 is 15.2 Å². The predicted molar refractivity (Wildman–Crippen MR) is 75.9 cm³/mol. The summed E-state index contributed by atoms with van der Waals surface area (Å²) in [7, 11) is -2.25. The number of sulfonamides is 1. The number of hydrogen-bond acceptors (Lipinski definition) is 5. The van der Waals surface area contributed by atoms with E-state index in [4.69, 9.17) is 10.5 Å². The predicted octanol–water partition coefficient (Wildman–Crippen LogP) is 0.717. The lowest BCUT2D eigenvalue weighted by atomic mass is 10.1. The van der Waals surface area contributed by atoms with Crippen molar-refractivity contribution in [2.24, 2.45) is 5.92 Å². The Balaban J connectivity index is 2.12. The SMILES string of the molecule is COc1ccc(N)cc1S(=O)(=O)NCC1CCC(O)C1. The lowest BCUT2D eigenvalue weighted by molar-refractivity contribution is 0.178. The average molecular weight is 300 g/mol. The Morgan fingerprint density at radius 3 is 2.80 bits per heavy atom. The highest BCUT2D eigenvalue weighted by Crippen LogP contribution is 2.28. The molecular weight excluding hydrogens is 280 g/mol. The molecule has 1 aliphatic carbocycles. The summed E-state index contributed by atoms with van der Waals surface area (Å²) in [5, 5.41) is 9.45. The van der Waals surface area contributed by atoms with Gasteiger partial charge in [0.05, 0.1) is 13.2 Å². The Morgan fingerprint density at radius 2 is 2.20 bits per heavy atom. The molecule has 2 unspecified atom stereocenters. The number of anilines is 1. The molecule has 0 aromatic heterocycles. The van der Waals surface area contributed by atoms with Crippen molar-refractivity contribution in [3.8, 4) is 5.75 Å². The summed E-state index contributed by atoms with van der Waals surface area (Å²) < 4.78 is 32.2. The van der Waals surface area contributed by atoms with Crippen LogP contribution in [0.4, 0.5) is 5.69 Å². The molecule has 7 heteroatoms. The van der Waals surface area contributed by atoms with Gasteiger partial charge in [-0.25, -0.2) is 13.1 Å². The lowest BCUT2D eigenvalue weighted by Gasteiger charge is -2.14. The van der Waals surface area contributed by atoms with Crippen molar-refractivity contribution in [1.82, 2.24) is 4.72 Å². The van der Waals surface area contributed by atoms with E-state index in [1.807, 2.05) is 0 Å². The van der Waals surface area contributed by atoms with Crippen molar-refractivity contribution < 1.29 is 18.3 Å².